The van der Waals surface area contributed by atoms with Crippen LogP contribution in [-0.4, -0.2) is 83.1 Å². The third-order valence-corrected chi connectivity index (χ3v) is 12.1. The van der Waals surface area contributed by atoms with E-state index in [0.717, 1.165) is 62.4 Å². The highest BCUT2D eigenvalue weighted by molar-refractivity contribution is 6.02. The number of terminal acetylenes is 1. The van der Waals surface area contributed by atoms with E-state index < -0.39 is 11.6 Å². The Bertz CT molecular complexity index is 1990. The molecule has 51 heavy (non-hydrogen) atoms. The third kappa shape index (κ3) is 6.11. The number of anilines is 1. The summed E-state index contributed by atoms with van der Waals surface area (Å²) < 4.78 is 44.7. The lowest BCUT2D eigenvalue weighted by molar-refractivity contribution is -0.0596. The van der Waals surface area contributed by atoms with Crippen LogP contribution in [0.5, 0.6) is 6.01 Å². The second kappa shape index (κ2) is 13.9. The maximum absolute atomic E-state index is 17.2. The molecule has 0 radical (unpaired) electrons. The molecule has 2 aromatic heterocycles. The van der Waals surface area contributed by atoms with Crippen LogP contribution in [0.4, 0.5) is 14.6 Å². The molecule has 4 heterocycles. The van der Waals surface area contributed by atoms with Crippen molar-refractivity contribution in [3.05, 3.63) is 53.2 Å². The number of likely N-dealkylation sites (tertiary alicyclic amines) is 1. The number of aliphatic hydroxyl groups excluding tert-OH is 1. The van der Waals surface area contributed by atoms with Crippen molar-refractivity contribution in [2.45, 2.75) is 77.3 Å². The molecule has 4 aliphatic rings. The van der Waals surface area contributed by atoms with E-state index >= 15 is 8.78 Å². The van der Waals surface area contributed by atoms with Gasteiger partial charge in [0, 0.05) is 54.3 Å². The SMILES string of the molecule is C#Cc1c(F)ccc2cc(CC)cc(-c3ncc4c(N5CCOCC(C)C5)nc(OCC56CCCC5N(C5CC(CO)C5)CCC6)nc4c3F)c12. The Morgan fingerprint density at radius 1 is 1.14 bits per heavy atom. The molecule has 2 aliphatic heterocycles. The normalized spacial score (nSPS) is 26.9. The number of rotatable bonds is 8. The van der Waals surface area contributed by atoms with Gasteiger partial charge in [0.15, 0.2) is 5.82 Å². The molecule has 2 saturated heterocycles. The Balaban J connectivity index is 1.22. The standard InChI is InChI=1S/C41H47F2N5O3/c1-4-26-16-28-9-10-33(42)30(5-2)35(28)31(19-26)37-36(43)38-32(20-44-37)39(47-14-15-50-23-25(3)21-47)46-40(45-38)51-24-41-11-6-8-34(41)48(13-7-12-41)29-17-27(18-29)22-49/h2,9-10,16,19-20,25,27,29,34,49H,4,6-8,11-15,17-18,21-24H2,1,3H3. The summed E-state index contributed by atoms with van der Waals surface area (Å²) >= 11 is 0. The van der Waals surface area contributed by atoms with Gasteiger partial charge in [-0.1, -0.05) is 38.3 Å². The van der Waals surface area contributed by atoms with Crippen LogP contribution in [0.3, 0.4) is 0 Å². The van der Waals surface area contributed by atoms with Gasteiger partial charge in [-0.25, -0.2) is 8.78 Å². The van der Waals surface area contributed by atoms with Gasteiger partial charge in [0.25, 0.3) is 0 Å². The van der Waals surface area contributed by atoms with Crippen LogP contribution in [0.15, 0.2) is 30.5 Å². The highest BCUT2D eigenvalue weighted by atomic mass is 19.1. The lowest BCUT2D eigenvalue weighted by Gasteiger charge is -2.53. The lowest BCUT2D eigenvalue weighted by atomic mass is 9.72. The van der Waals surface area contributed by atoms with Crippen LogP contribution in [0.25, 0.3) is 32.9 Å². The van der Waals surface area contributed by atoms with Crippen LogP contribution < -0.4 is 9.64 Å². The predicted octanol–water partition coefficient (Wildman–Crippen LogP) is 6.92. The zero-order valence-corrected chi connectivity index (χ0v) is 29.6. The molecule has 0 spiro atoms. The Morgan fingerprint density at radius 2 is 1.98 bits per heavy atom. The maximum Gasteiger partial charge on any atom is 0.319 e. The largest absolute Gasteiger partial charge is 0.463 e. The van der Waals surface area contributed by atoms with E-state index in [2.05, 4.69) is 27.6 Å². The number of aryl methyl sites for hydroxylation is 1. The van der Waals surface area contributed by atoms with Crippen molar-refractivity contribution in [2.75, 3.05) is 51.0 Å². The number of ether oxygens (including phenoxy) is 2. The van der Waals surface area contributed by atoms with Crippen molar-refractivity contribution >= 4 is 27.5 Å². The van der Waals surface area contributed by atoms with Gasteiger partial charge in [-0.3, -0.25) is 9.88 Å². The zero-order chi connectivity index (χ0) is 35.3. The summed E-state index contributed by atoms with van der Waals surface area (Å²) in [4.78, 5) is 19.2. The quantitative estimate of drug-likeness (QED) is 0.199. The summed E-state index contributed by atoms with van der Waals surface area (Å²) in [5.74, 6) is 2.56. The molecule has 2 saturated carbocycles. The van der Waals surface area contributed by atoms with Crippen molar-refractivity contribution in [3.63, 3.8) is 0 Å². The van der Waals surface area contributed by atoms with E-state index in [1.54, 1.807) is 12.3 Å². The Morgan fingerprint density at radius 3 is 2.78 bits per heavy atom. The van der Waals surface area contributed by atoms with Gasteiger partial charge < -0.3 is 19.5 Å². The minimum atomic E-state index is -0.619. The summed E-state index contributed by atoms with van der Waals surface area (Å²) in [6.45, 7) is 8.39. The summed E-state index contributed by atoms with van der Waals surface area (Å²) in [5.41, 5.74) is 1.63. The van der Waals surface area contributed by atoms with Crippen molar-refractivity contribution in [1.29, 1.82) is 0 Å². The number of pyridine rings is 1. The fraction of sp³-hybridized carbons (Fsp3) is 0.537. The first kappa shape index (κ1) is 34.2. The Hall–Kier alpha value is -3.91. The van der Waals surface area contributed by atoms with E-state index in [4.69, 9.17) is 25.9 Å². The average Bonchev–Trinajstić information content (AvgIpc) is 3.44. The van der Waals surface area contributed by atoms with Crippen molar-refractivity contribution in [3.8, 4) is 29.6 Å². The molecule has 4 fully saturated rings. The van der Waals surface area contributed by atoms with Crippen molar-refractivity contribution in [1.82, 2.24) is 19.9 Å². The molecule has 0 bridgehead atoms. The number of benzene rings is 2. The second-order valence-corrected chi connectivity index (χ2v) is 15.4. The average molecular weight is 696 g/mol. The van der Waals surface area contributed by atoms with Gasteiger partial charge in [0.2, 0.25) is 0 Å². The number of halogens is 2. The number of hydrogen-bond acceptors (Lipinski definition) is 8. The number of nitrogens with zero attached hydrogens (tertiary/aromatic N) is 5. The first-order valence-electron chi connectivity index (χ1n) is 18.7. The maximum atomic E-state index is 17.2. The van der Waals surface area contributed by atoms with Crippen molar-refractivity contribution in [2.24, 2.45) is 17.3 Å². The molecular formula is C41H47F2N5O3. The van der Waals surface area contributed by atoms with E-state index in [0.29, 0.717) is 79.5 Å². The number of aromatic nitrogens is 3. The van der Waals surface area contributed by atoms with Crippen LogP contribution in [-0.2, 0) is 11.2 Å². The summed E-state index contributed by atoms with van der Waals surface area (Å²) in [6.07, 6.45) is 15.8. The van der Waals surface area contributed by atoms with E-state index in [1.165, 1.54) is 6.07 Å². The third-order valence-electron chi connectivity index (χ3n) is 12.1. The highest BCUT2D eigenvalue weighted by Crippen LogP contribution is 2.51. The fourth-order valence-corrected chi connectivity index (χ4v) is 9.43. The number of piperidine rings is 1. The smallest absolute Gasteiger partial charge is 0.319 e. The molecule has 1 N–H and O–H groups in total. The topological polar surface area (TPSA) is 83.8 Å². The molecule has 268 valence electrons. The van der Waals surface area contributed by atoms with Crippen LogP contribution >= 0.6 is 0 Å². The number of aliphatic hydroxyl groups is 1. The summed E-state index contributed by atoms with van der Waals surface area (Å²) in [6, 6.07) is 7.94. The second-order valence-electron chi connectivity index (χ2n) is 15.4. The highest BCUT2D eigenvalue weighted by Gasteiger charge is 2.51. The molecule has 4 aromatic rings. The van der Waals surface area contributed by atoms with Gasteiger partial charge in [-0.05, 0) is 86.4 Å². The first-order valence-corrected chi connectivity index (χ1v) is 18.7. The molecule has 2 aromatic carbocycles. The molecule has 2 aliphatic carbocycles. The van der Waals surface area contributed by atoms with Crippen LogP contribution in [0.1, 0.15) is 69.9 Å². The van der Waals surface area contributed by atoms with Crippen molar-refractivity contribution < 1.29 is 23.4 Å². The Kier molecular flexibility index (Phi) is 9.32. The minimum Gasteiger partial charge on any atom is -0.463 e. The number of hydrogen-bond donors (Lipinski definition) is 1. The Labute approximate surface area is 298 Å². The molecule has 3 atom stereocenters. The van der Waals surface area contributed by atoms with Gasteiger partial charge >= 0.3 is 6.01 Å². The van der Waals surface area contributed by atoms with Crippen LogP contribution in [0, 0.1) is 41.2 Å². The molecule has 3 unspecified atom stereocenters. The lowest BCUT2D eigenvalue weighted by Crippen LogP contribution is -2.58. The van der Waals surface area contributed by atoms with E-state index in [-0.39, 0.29) is 40.7 Å². The summed E-state index contributed by atoms with van der Waals surface area (Å²) in [5, 5.41) is 11.3. The molecule has 10 heteroatoms. The summed E-state index contributed by atoms with van der Waals surface area (Å²) in [7, 11) is 0. The fourth-order valence-electron chi connectivity index (χ4n) is 9.43. The van der Waals surface area contributed by atoms with Gasteiger partial charge in [0.1, 0.15) is 22.8 Å². The first-order chi connectivity index (χ1) is 24.8. The van der Waals surface area contributed by atoms with Gasteiger partial charge in [-0.2, -0.15) is 9.97 Å². The van der Waals surface area contributed by atoms with Gasteiger partial charge in [0.05, 0.1) is 30.8 Å². The molecule has 0 amide bonds. The van der Waals surface area contributed by atoms with Gasteiger partial charge in [-0.15, -0.1) is 6.42 Å². The monoisotopic (exact) mass is 695 g/mol. The van der Waals surface area contributed by atoms with E-state index in [9.17, 15) is 5.11 Å². The molecule has 8 nitrogen and oxygen atoms in total. The van der Waals surface area contributed by atoms with Crippen LogP contribution in [0.2, 0.25) is 0 Å². The van der Waals surface area contributed by atoms with E-state index in [1.807, 2.05) is 19.1 Å². The predicted molar refractivity (Wildman–Crippen MR) is 195 cm³/mol. The molecular weight excluding hydrogens is 648 g/mol. The zero-order valence-electron chi connectivity index (χ0n) is 29.6. The minimum absolute atomic E-state index is 0.0247. The molecule has 8 rings (SSSR count). The number of fused-ring (bicyclic) bond motifs is 3.